The number of rotatable bonds is 6. The Kier molecular flexibility index (Phi) is 6.02. The van der Waals surface area contributed by atoms with E-state index in [2.05, 4.69) is 27.5 Å². The molecule has 0 aliphatic carbocycles. The van der Waals surface area contributed by atoms with Crippen molar-refractivity contribution in [2.45, 2.75) is 38.9 Å². The molecule has 6 heteroatoms. The summed E-state index contributed by atoms with van der Waals surface area (Å²) in [7, 11) is 0. The molecule has 0 bridgehead atoms. The first-order valence-corrected chi connectivity index (χ1v) is 9.93. The number of hydrogen-bond donors (Lipinski definition) is 1. The van der Waals surface area contributed by atoms with Crippen molar-refractivity contribution in [1.82, 2.24) is 5.16 Å². The Morgan fingerprint density at radius 3 is 2.80 bits per heavy atom. The van der Waals surface area contributed by atoms with E-state index >= 15 is 0 Å². The van der Waals surface area contributed by atoms with E-state index in [4.69, 9.17) is 4.52 Å². The van der Waals surface area contributed by atoms with Crippen LogP contribution in [-0.4, -0.2) is 29.9 Å². The van der Waals surface area contributed by atoms with E-state index in [1.807, 2.05) is 26.0 Å². The van der Waals surface area contributed by atoms with E-state index in [-0.39, 0.29) is 5.91 Å². The molecule has 1 saturated heterocycles. The molecule has 5 nitrogen and oxygen atoms in total. The van der Waals surface area contributed by atoms with E-state index < -0.39 is 0 Å². The normalized spacial score (nSPS) is 14.6. The van der Waals surface area contributed by atoms with Gasteiger partial charge in [-0.25, -0.2) is 0 Å². The minimum absolute atomic E-state index is 0.0209. The highest BCUT2D eigenvalue weighted by Crippen LogP contribution is 2.24. The highest BCUT2D eigenvalue weighted by atomic mass is 32.2. The number of piperidine rings is 1. The first-order chi connectivity index (χ1) is 12.1. The second kappa shape index (κ2) is 8.43. The second-order valence-corrected chi connectivity index (χ2v) is 7.43. The van der Waals surface area contributed by atoms with Gasteiger partial charge >= 0.3 is 0 Å². The number of amides is 1. The molecule has 1 aromatic heterocycles. The van der Waals surface area contributed by atoms with Crippen LogP contribution in [0.15, 0.2) is 28.8 Å². The number of anilines is 2. The molecule has 25 heavy (non-hydrogen) atoms. The molecule has 1 fully saturated rings. The van der Waals surface area contributed by atoms with E-state index in [0.717, 1.165) is 41.5 Å². The van der Waals surface area contributed by atoms with Crippen molar-refractivity contribution in [1.29, 1.82) is 0 Å². The Morgan fingerprint density at radius 1 is 1.28 bits per heavy atom. The zero-order valence-electron chi connectivity index (χ0n) is 14.9. The summed E-state index contributed by atoms with van der Waals surface area (Å²) >= 11 is 1.58. The second-order valence-electron chi connectivity index (χ2n) is 6.44. The summed E-state index contributed by atoms with van der Waals surface area (Å²) in [6.45, 7) is 6.04. The van der Waals surface area contributed by atoms with Gasteiger partial charge in [-0.2, -0.15) is 0 Å². The molecule has 3 rings (SSSR count). The quantitative estimate of drug-likeness (QED) is 0.839. The van der Waals surface area contributed by atoms with Crippen molar-refractivity contribution >= 4 is 29.0 Å². The maximum atomic E-state index is 12.2. The van der Waals surface area contributed by atoms with E-state index in [0.29, 0.717) is 5.75 Å². The third-order valence-electron chi connectivity index (χ3n) is 4.51. The molecule has 0 radical (unpaired) electrons. The van der Waals surface area contributed by atoms with Gasteiger partial charge < -0.3 is 14.7 Å². The van der Waals surface area contributed by atoms with Gasteiger partial charge in [0.2, 0.25) is 5.91 Å². The SMILES string of the molecule is Cc1noc(C)c1CSCC(=O)Nc1cccc(N2CCCCC2)c1. The average molecular weight is 359 g/mol. The molecule has 2 aromatic rings. The Labute approximate surface area is 153 Å². The van der Waals surface area contributed by atoms with Gasteiger partial charge in [-0.05, 0) is 51.3 Å². The molecule has 0 saturated carbocycles. The molecule has 134 valence electrons. The minimum atomic E-state index is 0.0209. The topological polar surface area (TPSA) is 58.4 Å². The molecule has 1 aliphatic heterocycles. The van der Waals surface area contributed by atoms with Gasteiger partial charge in [0.1, 0.15) is 5.76 Å². The van der Waals surface area contributed by atoms with Gasteiger partial charge in [-0.3, -0.25) is 4.79 Å². The smallest absolute Gasteiger partial charge is 0.234 e. The van der Waals surface area contributed by atoms with E-state index in [9.17, 15) is 4.79 Å². The summed E-state index contributed by atoms with van der Waals surface area (Å²) in [6.07, 6.45) is 3.80. The molecule has 1 amide bonds. The standard InChI is InChI=1S/C19H25N3O2S/c1-14-18(15(2)24-21-14)12-25-13-19(23)20-16-7-6-8-17(11-16)22-9-4-3-5-10-22/h6-8,11H,3-5,9-10,12-13H2,1-2H3,(H,20,23). The fourth-order valence-corrected chi connectivity index (χ4v) is 4.06. The zero-order chi connectivity index (χ0) is 17.6. The Balaban J connectivity index is 1.51. The van der Waals surface area contributed by atoms with E-state index in [1.54, 1.807) is 11.8 Å². The van der Waals surface area contributed by atoms with Crippen molar-refractivity contribution < 1.29 is 9.32 Å². The summed E-state index contributed by atoms with van der Waals surface area (Å²) in [5.74, 6) is 2.01. The molecule has 0 unspecified atom stereocenters. The number of hydrogen-bond acceptors (Lipinski definition) is 5. The van der Waals surface area contributed by atoms with Gasteiger partial charge in [-0.15, -0.1) is 11.8 Å². The van der Waals surface area contributed by atoms with Crippen LogP contribution in [0.3, 0.4) is 0 Å². The maximum Gasteiger partial charge on any atom is 0.234 e. The number of benzene rings is 1. The summed E-state index contributed by atoms with van der Waals surface area (Å²) in [5, 5.41) is 6.95. The summed E-state index contributed by atoms with van der Waals surface area (Å²) in [5.41, 5.74) is 4.05. The first-order valence-electron chi connectivity index (χ1n) is 8.78. The third kappa shape index (κ3) is 4.78. The van der Waals surface area contributed by atoms with Crippen LogP contribution in [0.1, 0.15) is 36.3 Å². The van der Waals surface area contributed by atoms with Crippen molar-refractivity contribution in [3.63, 3.8) is 0 Å². The number of nitrogens with zero attached hydrogens (tertiary/aromatic N) is 2. The number of aromatic nitrogens is 1. The monoisotopic (exact) mass is 359 g/mol. The number of nitrogens with one attached hydrogen (secondary N) is 1. The van der Waals surface area contributed by atoms with Crippen LogP contribution >= 0.6 is 11.8 Å². The van der Waals surface area contributed by atoms with Gasteiger partial charge in [0.25, 0.3) is 0 Å². The predicted octanol–water partition coefficient (Wildman–Crippen LogP) is 4.15. The van der Waals surface area contributed by atoms with Crippen LogP contribution in [0.25, 0.3) is 0 Å². The number of carbonyl (C=O) groups excluding carboxylic acids is 1. The van der Waals surface area contributed by atoms with Crippen molar-refractivity contribution in [3.8, 4) is 0 Å². The van der Waals surface area contributed by atoms with Gasteiger partial charge in [0.15, 0.2) is 0 Å². The van der Waals surface area contributed by atoms with Crippen molar-refractivity contribution in [2.75, 3.05) is 29.1 Å². The summed E-state index contributed by atoms with van der Waals surface area (Å²) < 4.78 is 5.15. The van der Waals surface area contributed by atoms with Crippen LogP contribution in [-0.2, 0) is 10.5 Å². The van der Waals surface area contributed by atoms with Crippen LogP contribution in [0.4, 0.5) is 11.4 Å². The number of carbonyl (C=O) groups is 1. The molecule has 1 aliphatic rings. The van der Waals surface area contributed by atoms with E-state index in [1.165, 1.54) is 24.9 Å². The lowest BCUT2D eigenvalue weighted by atomic mass is 10.1. The Hall–Kier alpha value is -1.95. The van der Waals surface area contributed by atoms with Crippen molar-refractivity contribution in [2.24, 2.45) is 0 Å². The zero-order valence-corrected chi connectivity index (χ0v) is 15.7. The lowest BCUT2D eigenvalue weighted by Crippen LogP contribution is -2.29. The lowest BCUT2D eigenvalue weighted by Gasteiger charge is -2.29. The molecular weight excluding hydrogens is 334 g/mol. The van der Waals surface area contributed by atoms with Crippen molar-refractivity contribution in [3.05, 3.63) is 41.3 Å². The largest absolute Gasteiger partial charge is 0.371 e. The maximum absolute atomic E-state index is 12.2. The number of aryl methyl sites for hydroxylation is 2. The predicted molar refractivity (Wildman–Crippen MR) is 103 cm³/mol. The van der Waals surface area contributed by atoms with Gasteiger partial charge in [0.05, 0.1) is 11.4 Å². The van der Waals surface area contributed by atoms with Crippen LogP contribution in [0.2, 0.25) is 0 Å². The molecule has 1 N–H and O–H groups in total. The third-order valence-corrected chi connectivity index (χ3v) is 5.47. The fraction of sp³-hybridized carbons (Fsp3) is 0.474. The summed E-state index contributed by atoms with van der Waals surface area (Å²) in [4.78, 5) is 14.6. The molecule has 0 atom stereocenters. The molecule has 1 aromatic carbocycles. The highest BCUT2D eigenvalue weighted by Gasteiger charge is 2.13. The fourth-order valence-electron chi connectivity index (χ4n) is 3.08. The van der Waals surface area contributed by atoms with Crippen LogP contribution < -0.4 is 10.2 Å². The molecular formula is C19H25N3O2S. The lowest BCUT2D eigenvalue weighted by molar-refractivity contribution is -0.113. The van der Waals surface area contributed by atoms with Gasteiger partial charge in [-0.1, -0.05) is 11.2 Å². The minimum Gasteiger partial charge on any atom is -0.371 e. The summed E-state index contributed by atoms with van der Waals surface area (Å²) in [6, 6.07) is 8.15. The molecule has 0 spiro atoms. The Morgan fingerprint density at radius 2 is 2.08 bits per heavy atom. The Bertz CT molecular complexity index is 704. The number of thioether (sulfide) groups is 1. The highest BCUT2D eigenvalue weighted by molar-refractivity contribution is 7.99. The molecule has 2 heterocycles. The average Bonchev–Trinajstić information content (AvgIpc) is 2.95. The van der Waals surface area contributed by atoms with Crippen LogP contribution in [0.5, 0.6) is 0 Å². The first kappa shape index (κ1) is 17.9. The van der Waals surface area contributed by atoms with Gasteiger partial charge in [0, 0.05) is 35.8 Å². The van der Waals surface area contributed by atoms with Crippen LogP contribution in [0, 0.1) is 13.8 Å².